The molecular weight excluding hydrogens is 244 g/mol. The Balaban J connectivity index is 2.34. The summed E-state index contributed by atoms with van der Waals surface area (Å²) >= 11 is 6.10. The number of halogens is 1. The lowest BCUT2D eigenvalue weighted by Gasteiger charge is -2.11. The molecule has 7 heteroatoms. The van der Waals surface area contributed by atoms with Crippen molar-refractivity contribution in [1.29, 1.82) is 0 Å². The van der Waals surface area contributed by atoms with Gasteiger partial charge in [-0.05, 0) is 23.2 Å². The molecule has 4 N–H and O–H groups in total. The summed E-state index contributed by atoms with van der Waals surface area (Å²) in [7, 11) is -1.03. The zero-order valence-corrected chi connectivity index (χ0v) is 9.85. The second-order valence-corrected chi connectivity index (χ2v) is 4.10. The Labute approximate surface area is 104 Å². The molecule has 0 bridgehead atoms. The summed E-state index contributed by atoms with van der Waals surface area (Å²) in [6.07, 6.45) is -0.389. The molecular formula is C10H13BClNO4. The van der Waals surface area contributed by atoms with E-state index in [4.69, 9.17) is 31.8 Å². The summed E-state index contributed by atoms with van der Waals surface area (Å²) in [6.45, 7) is 0.339. The second-order valence-electron chi connectivity index (χ2n) is 3.69. The molecule has 1 aromatic rings. The first-order chi connectivity index (χ1) is 8.17. The number of rotatable bonds is 4. The summed E-state index contributed by atoms with van der Waals surface area (Å²) in [5, 5.41) is 18.8. The first-order valence-electron chi connectivity index (χ1n) is 5.28. The molecule has 0 amide bonds. The molecule has 1 unspecified atom stereocenters. The highest BCUT2D eigenvalue weighted by atomic mass is 35.5. The summed E-state index contributed by atoms with van der Waals surface area (Å²) in [6, 6.07) is 3.28. The van der Waals surface area contributed by atoms with E-state index in [1.807, 2.05) is 0 Å². The fourth-order valence-corrected chi connectivity index (χ4v) is 2.21. The van der Waals surface area contributed by atoms with Gasteiger partial charge in [-0.15, -0.1) is 0 Å². The van der Waals surface area contributed by atoms with Crippen LogP contribution in [-0.4, -0.2) is 37.0 Å². The third-order valence-corrected chi connectivity index (χ3v) is 2.90. The van der Waals surface area contributed by atoms with Crippen molar-refractivity contribution in [1.82, 2.24) is 0 Å². The van der Waals surface area contributed by atoms with Crippen LogP contribution in [0.25, 0.3) is 0 Å². The topological polar surface area (TPSA) is 84.9 Å². The number of aliphatic hydroxyl groups is 1. The van der Waals surface area contributed by atoms with E-state index in [2.05, 4.69) is 0 Å². The molecule has 2 rings (SSSR count). The average molecular weight is 257 g/mol. The van der Waals surface area contributed by atoms with E-state index in [-0.39, 0.29) is 25.9 Å². The maximum atomic E-state index is 9.72. The minimum absolute atomic E-state index is 0.0841. The maximum absolute atomic E-state index is 9.72. The third kappa shape index (κ3) is 2.41. The van der Waals surface area contributed by atoms with E-state index in [9.17, 15) is 5.02 Å². The summed E-state index contributed by atoms with van der Waals surface area (Å²) in [5.41, 5.74) is 6.82. The summed E-state index contributed by atoms with van der Waals surface area (Å²) in [4.78, 5) is 0. The van der Waals surface area contributed by atoms with Crippen LogP contribution in [0.2, 0.25) is 5.02 Å². The van der Waals surface area contributed by atoms with Crippen molar-refractivity contribution in [2.24, 2.45) is 5.73 Å². The van der Waals surface area contributed by atoms with Crippen LogP contribution in [-0.2, 0) is 4.65 Å². The number of fused-ring (bicyclic) bond motifs is 1. The first-order valence-corrected chi connectivity index (χ1v) is 5.65. The molecule has 5 nitrogen and oxygen atoms in total. The first kappa shape index (κ1) is 12.7. The molecule has 0 aliphatic carbocycles. The van der Waals surface area contributed by atoms with Crippen LogP contribution in [0, 0.1) is 0 Å². The SMILES string of the molecule is NCC1OB(O)c2cc(OCCO)cc(Cl)c21. The third-order valence-electron chi connectivity index (χ3n) is 2.59. The summed E-state index contributed by atoms with van der Waals surface area (Å²) in [5.74, 6) is 0.489. The van der Waals surface area contributed by atoms with Gasteiger partial charge >= 0.3 is 7.12 Å². The van der Waals surface area contributed by atoms with Gasteiger partial charge in [0.15, 0.2) is 0 Å². The molecule has 1 heterocycles. The number of benzene rings is 1. The molecule has 0 spiro atoms. The lowest BCUT2D eigenvalue weighted by molar-refractivity contribution is 0.198. The van der Waals surface area contributed by atoms with E-state index < -0.39 is 7.12 Å². The van der Waals surface area contributed by atoms with Crippen LogP contribution in [0.3, 0.4) is 0 Å². The van der Waals surface area contributed by atoms with Crippen molar-refractivity contribution < 1.29 is 19.5 Å². The quantitative estimate of drug-likeness (QED) is 0.629. The zero-order chi connectivity index (χ0) is 12.4. The highest BCUT2D eigenvalue weighted by molar-refractivity contribution is 6.62. The van der Waals surface area contributed by atoms with E-state index in [0.29, 0.717) is 21.8 Å². The van der Waals surface area contributed by atoms with Crippen LogP contribution < -0.4 is 15.9 Å². The minimum atomic E-state index is -1.03. The van der Waals surface area contributed by atoms with E-state index >= 15 is 0 Å². The molecule has 1 atom stereocenters. The van der Waals surface area contributed by atoms with Crippen molar-refractivity contribution in [3.63, 3.8) is 0 Å². The minimum Gasteiger partial charge on any atom is -0.491 e. The maximum Gasteiger partial charge on any atom is 0.492 e. The number of ether oxygens (including phenoxy) is 1. The van der Waals surface area contributed by atoms with Crippen LogP contribution in [0.5, 0.6) is 5.75 Å². The van der Waals surface area contributed by atoms with Crippen molar-refractivity contribution in [3.05, 3.63) is 22.7 Å². The van der Waals surface area contributed by atoms with Gasteiger partial charge in [0, 0.05) is 11.6 Å². The molecule has 0 fully saturated rings. The van der Waals surface area contributed by atoms with Crippen molar-refractivity contribution in [3.8, 4) is 5.75 Å². The average Bonchev–Trinajstić information content (AvgIpc) is 2.64. The van der Waals surface area contributed by atoms with Gasteiger partial charge in [0.1, 0.15) is 12.4 Å². The number of nitrogens with two attached hydrogens (primary N) is 1. The highest BCUT2D eigenvalue weighted by Crippen LogP contribution is 2.32. The van der Waals surface area contributed by atoms with E-state index in [0.717, 1.165) is 0 Å². The molecule has 0 radical (unpaired) electrons. The molecule has 0 aromatic heterocycles. The van der Waals surface area contributed by atoms with Gasteiger partial charge in [0.25, 0.3) is 0 Å². The summed E-state index contributed by atoms with van der Waals surface area (Å²) < 4.78 is 10.5. The number of hydrogen-bond acceptors (Lipinski definition) is 5. The van der Waals surface area contributed by atoms with Gasteiger partial charge in [-0.3, -0.25) is 0 Å². The largest absolute Gasteiger partial charge is 0.492 e. The monoisotopic (exact) mass is 257 g/mol. The van der Waals surface area contributed by atoms with E-state index in [1.165, 1.54) is 0 Å². The Bertz CT molecular complexity index is 418. The fourth-order valence-electron chi connectivity index (χ4n) is 1.87. The number of aliphatic hydroxyl groups excluding tert-OH is 1. The standard InChI is InChI=1S/C10H13BClNO4/c12-8-4-6(16-2-1-14)3-7-10(8)9(5-13)17-11(7)15/h3-4,9,14-15H,1-2,5,13H2. The molecule has 17 heavy (non-hydrogen) atoms. The van der Waals surface area contributed by atoms with Gasteiger partial charge in [-0.1, -0.05) is 11.6 Å². The van der Waals surface area contributed by atoms with Gasteiger partial charge in [-0.25, -0.2) is 0 Å². The van der Waals surface area contributed by atoms with Crippen LogP contribution in [0.15, 0.2) is 12.1 Å². The second kappa shape index (κ2) is 5.24. The molecule has 0 saturated carbocycles. The molecule has 0 saturated heterocycles. The zero-order valence-electron chi connectivity index (χ0n) is 9.10. The predicted molar refractivity (Wildman–Crippen MR) is 64.5 cm³/mol. The Morgan fingerprint density at radius 3 is 2.94 bits per heavy atom. The van der Waals surface area contributed by atoms with Crippen molar-refractivity contribution in [2.75, 3.05) is 19.8 Å². The van der Waals surface area contributed by atoms with Gasteiger partial charge < -0.3 is 25.3 Å². The van der Waals surface area contributed by atoms with Gasteiger partial charge in [0.2, 0.25) is 0 Å². The Morgan fingerprint density at radius 2 is 2.29 bits per heavy atom. The van der Waals surface area contributed by atoms with Crippen LogP contribution in [0.1, 0.15) is 11.7 Å². The van der Waals surface area contributed by atoms with Gasteiger partial charge in [0.05, 0.1) is 12.7 Å². The Kier molecular flexibility index (Phi) is 3.91. The van der Waals surface area contributed by atoms with E-state index in [1.54, 1.807) is 12.1 Å². The Hall–Kier alpha value is -0.785. The van der Waals surface area contributed by atoms with Crippen LogP contribution >= 0.6 is 11.6 Å². The van der Waals surface area contributed by atoms with Crippen molar-refractivity contribution in [2.45, 2.75) is 6.10 Å². The smallest absolute Gasteiger partial charge is 0.491 e. The lowest BCUT2D eigenvalue weighted by atomic mass is 9.79. The van der Waals surface area contributed by atoms with Gasteiger partial charge in [-0.2, -0.15) is 0 Å². The lowest BCUT2D eigenvalue weighted by Crippen LogP contribution is -2.28. The molecule has 1 aliphatic rings. The Morgan fingerprint density at radius 1 is 1.53 bits per heavy atom. The number of hydrogen-bond donors (Lipinski definition) is 3. The molecule has 1 aliphatic heterocycles. The fraction of sp³-hybridized carbons (Fsp3) is 0.400. The highest BCUT2D eigenvalue weighted by Gasteiger charge is 2.36. The van der Waals surface area contributed by atoms with Crippen LogP contribution in [0.4, 0.5) is 0 Å². The normalized spacial score (nSPS) is 18.4. The molecule has 1 aromatic carbocycles. The van der Waals surface area contributed by atoms with Crippen molar-refractivity contribution >= 4 is 24.2 Å². The molecule has 92 valence electrons. The predicted octanol–water partition coefficient (Wildman–Crippen LogP) is -0.571.